The number of carboxylic acid groups (broad SMARTS) is 1. The molecule has 92 valence electrons. The summed E-state index contributed by atoms with van der Waals surface area (Å²) >= 11 is 6.96. The zero-order chi connectivity index (χ0) is 13.1. The fourth-order valence-electron chi connectivity index (χ4n) is 1.37. The van der Waals surface area contributed by atoms with Crippen molar-refractivity contribution in [3.8, 4) is 0 Å². The molecule has 0 radical (unpaired) electrons. The first-order valence-electron chi connectivity index (χ1n) is 5.02. The van der Waals surface area contributed by atoms with E-state index in [0.29, 0.717) is 5.56 Å². The van der Waals surface area contributed by atoms with Gasteiger partial charge in [-0.15, -0.1) is 0 Å². The molecule has 2 aromatic rings. The van der Waals surface area contributed by atoms with Gasteiger partial charge >= 0.3 is 5.97 Å². The molecule has 0 aliphatic heterocycles. The average Bonchev–Trinajstić information content (AvgIpc) is 2.34. The van der Waals surface area contributed by atoms with Crippen molar-refractivity contribution in [2.45, 2.75) is 9.79 Å². The predicted octanol–water partition coefficient (Wildman–Crippen LogP) is 4.90. The van der Waals surface area contributed by atoms with Crippen LogP contribution in [0.5, 0.6) is 0 Å². The summed E-state index contributed by atoms with van der Waals surface area (Å²) in [5, 5.41) is 9.07. The Hall–Kier alpha value is -0.530. The maximum Gasteiger partial charge on any atom is 0.336 e. The Morgan fingerprint density at radius 1 is 1.11 bits per heavy atom. The first kappa shape index (κ1) is 13.9. The van der Waals surface area contributed by atoms with E-state index in [0.717, 1.165) is 17.8 Å². The summed E-state index contributed by atoms with van der Waals surface area (Å²) in [6, 6.07) is 13.4. The molecular weight excluding hydrogens is 427 g/mol. The van der Waals surface area contributed by atoms with Crippen LogP contribution in [-0.4, -0.2) is 11.1 Å². The van der Waals surface area contributed by atoms with Gasteiger partial charge in [0.25, 0.3) is 0 Å². The Morgan fingerprint density at radius 3 is 2.33 bits per heavy atom. The summed E-state index contributed by atoms with van der Waals surface area (Å²) in [4.78, 5) is 13.1. The minimum Gasteiger partial charge on any atom is -0.478 e. The molecule has 2 nitrogen and oxygen atoms in total. The number of carboxylic acids is 1. The number of hydrogen-bond acceptors (Lipinski definition) is 2. The summed E-state index contributed by atoms with van der Waals surface area (Å²) in [6.45, 7) is 0. The van der Waals surface area contributed by atoms with Gasteiger partial charge < -0.3 is 5.11 Å². The molecule has 0 fully saturated rings. The Balaban J connectivity index is 2.27. The minimum atomic E-state index is -0.891. The smallest absolute Gasteiger partial charge is 0.336 e. The largest absolute Gasteiger partial charge is 0.478 e. The lowest BCUT2D eigenvalue weighted by molar-refractivity contribution is 0.0695. The molecule has 0 bridgehead atoms. The summed E-state index contributed by atoms with van der Waals surface area (Å²) in [6.07, 6.45) is 0. The lowest BCUT2D eigenvalue weighted by Gasteiger charge is -2.05. The number of carbonyl (C=O) groups is 1. The van der Waals surface area contributed by atoms with Crippen LogP contribution in [-0.2, 0) is 0 Å². The van der Waals surface area contributed by atoms with E-state index in [1.807, 2.05) is 59.0 Å². The molecule has 0 saturated heterocycles. The van der Waals surface area contributed by atoms with Crippen LogP contribution < -0.4 is 0 Å². The van der Waals surface area contributed by atoms with Crippen LogP contribution in [0.1, 0.15) is 10.4 Å². The van der Waals surface area contributed by atoms with Crippen molar-refractivity contribution in [2.75, 3.05) is 0 Å². The van der Waals surface area contributed by atoms with Crippen LogP contribution in [0.15, 0.2) is 56.7 Å². The number of hydrogen-bond donors (Lipinski definition) is 1. The highest BCUT2D eigenvalue weighted by molar-refractivity contribution is 14.1. The third kappa shape index (κ3) is 3.49. The van der Waals surface area contributed by atoms with Gasteiger partial charge in [0.15, 0.2) is 0 Å². The molecule has 0 aliphatic carbocycles. The molecule has 1 N–H and O–H groups in total. The second-order valence-corrected chi connectivity index (χ2v) is 6.73. The lowest BCUT2D eigenvalue weighted by atomic mass is 10.2. The summed E-state index contributed by atoms with van der Waals surface area (Å²) < 4.78 is 1.78. The molecule has 2 aromatic carbocycles. The van der Waals surface area contributed by atoms with E-state index in [9.17, 15) is 4.79 Å². The molecule has 0 heterocycles. The van der Waals surface area contributed by atoms with Crippen molar-refractivity contribution in [3.63, 3.8) is 0 Å². The number of benzene rings is 2. The van der Waals surface area contributed by atoms with Crippen LogP contribution in [0, 0.1) is 3.57 Å². The quantitative estimate of drug-likeness (QED) is 0.698. The predicted molar refractivity (Wildman–Crippen MR) is 84.4 cm³/mol. The van der Waals surface area contributed by atoms with Crippen LogP contribution in [0.3, 0.4) is 0 Å². The Bertz CT molecular complexity index is 584. The highest BCUT2D eigenvalue weighted by Crippen LogP contribution is 2.30. The van der Waals surface area contributed by atoms with Gasteiger partial charge in [-0.05, 0) is 65.1 Å². The van der Waals surface area contributed by atoms with Gasteiger partial charge in [-0.3, -0.25) is 0 Å². The molecule has 0 unspecified atom stereocenters. The maximum absolute atomic E-state index is 11.1. The van der Waals surface area contributed by atoms with Gasteiger partial charge in [0.2, 0.25) is 0 Å². The lowest BCUT2D eigenvalue weighted by Crippen LogP contribution is -1.99. The van der Waals surface area contributed by atoms with Crippen LogP contribution in [0.4, 0.5) is 0 Å². The Kier molecular flexibility index (Phi) is 4.69. The second kappa shape index (κ2) is 6.08. The molecular formula is C13H8BrIO2S. The zero-order valence-electron chi connectivity index (χ0n) is 9.06. The van der Waals surface area contributed by atoms with Crippen molar-refractivity contribution >= 4 is 56.3 Å². The van der Waals surface area contributed by atoms with Crippen molar-refractivity contribution in [2.24, 2.45) is 0 Å². The van der Waals surface area contributed by atoms with E-state index in [1.54, 1.807) is 17.8 Å². The molecule has 0 aliphatic rings. The monoisotopic (exact) mass is 434 g/mol. The molecule has 5 heteroatoms. The van der Waals surface area contributed by atoms with Gasteiger partial charge in [-0.25, -0.2) is 4.79 Å². The molecule has 2 rings (SSSR count). The van der Waals surface area contributed by atoms with Crippen LogP contribution >= 0.6 is 50.3 Å². The van der Waals surface area contributed by atoms with Crippen LogP contribution in [0.2, 0.25) is 0 Å². The third-order valence-corrected chi connectivity index (χ3v) is 4.68. The van der Waals surface area contributed by atoms with Gasteiger partial charge in [0, 0.05) is 17.8 Å². The summed E-state index contributed by atoms with van der Waals surface area (Å²) in [5.74, 6) is -0.891. The van der Waals surface area contributed by atoms with E-state index >= 15 is 0 Å². The molecule has 0 atom stereocenters. The van der Waals surface area contributed by atoms with Crippen molar-refractivity contribution in [3.05, 3.63) is 56.1 Å². The highest BCUT2D eigenvalue weighted by Gasteiger charge is 2.09. The number of halogens is 2. The zero-order valence-corrected chi connectivity index (χ0v) is 13.6. The fourth-order valence-corrected chi connectivity index (χ4v) is 3.06. The molecule has 0 saturated carbocycles. The SMILES string of the molecule is O=C(O)c1cc(Sc2ccc(Br)cc2)ccc1I. The Morgan fingerprint density at radius 2 is 1.72 bits per heavy atom. The minimum absolute atomic E-state index is 0.345. The van der Waals surface area contributed by atoms with E-state index < -0.39 is 5.97 Å². The topological polar surface area (TPSA) is 37.3 Å². The van der Waals surface area contributed by atoms with E-state index in [1.165, 1.54) is 0 Å². The third-order valence-electron chi connectivity index (χ3n) is 2.22. The van der Waals surface area contributed by atoms with Crippen molar-refractivity contribution in [1.29, 1.82) is 0 Å². The molecule has 0 aromatic heterocycles. The van der Waals surface area contributed by atoms with E-state index in [-0.39, 0.29) is 0 Å². The highest BCUT2D eigenvalue weighted by atomic mass is 127. The number of aromatic carboxylic acids is 1. The average molecular weight is 435 g/mol. The maximum atomic E-state index is 11.1. The number of rotatable bonds is 3. The molecule has 18 heavy (non-hydrogen) atoms. The van der Waals surface area contributed by atoms with E-state index in [4.69, 9.17) is 5.11 Å². The summed E-state index contributed by atoms with van der Waals surface area (Å²) in [7, 11) is 0. The molecule has 0 spiro atoms. The van der Waals surface area contributed by atoms with Gasteiger partial charge in [0.05, 0.1) is 5.56 Å². The van der Waals surface area contributed by atoms with Crippen LogP contribution in [0.25, 0.3) is 0 Å². The first-order valence-corrected chi connectivity index (χ1v) is 7.71. The van der Waals surface area contributed by atoms with Gasteiger partial charge in [-0.2, -0.15) is 0 Å². The first-order chi connectivity index (χ1) is 8.56. The van der Waals surface area contributed by atoms with E-state index in [2.05, 4.69) is 15.9 Å². The normalized spacial score (nSPS) is 10.3. The fraction of sp³-hybridized carbons (Fsp3) is 0. The van der Waals surface area contributed by atoms with Crippen molar-refractivity contribution in [1.82, 2.24) is 0 Å². The summed E-state index contributed by atoms with van der Waals surface area (Å²) in [5.41, 5.74) is 0.345. The second-order valence-electron chi connectivity index (χ2n) is 3.50. The standard InChI is InChI=1S/C13H8BrIO2S/c14-8-1-3-9(4-2-8)18-10-5-6-12(15)11(7-10)13(16)17/h1-7H,(H,16,17). The van der Waals surface area contributed by atoms with Gasteiger partial charge in [-0.1, -0.05) is 27.7 Å². The Labute approximate surface area is 131 Å². The molecule has 0 amide bonds. The van der Waals surface area contributed by atoms with Crippen molar-refractivity contribution < 1.29 is 9.90 Å². The van der Waals surface area contributed by atoms with Gasteiger partial charge in [0.1, 0.15) is 0 Å².